The second kappa shape index (κ2) is 9.06. The van der Waals surface area contributed by atoms with Crippen LogP contribution in [0.15, 0.2) is 30.3 Å². The number of rotatable bonds is 6. The van der Waals surface area contributed by atoms with E-state index in [9.17, 15) is 14.4 Å². The number of amides is 3. The zero-order chi connectivity index (χ0) is 22.8. The summed E-state index contributed by atoms with van der Waals surface area (Å²) >= 11 is 0. The van der Waals surface area contributed by atoms with E-state index >= 15 is 0 Å². The molecule has 0 N–H and O–H groups in total. The van der Waals surface area contributed by atoms with Crippen molar-refractivity contribution in [3.05, 3.63) is 53.0 Å². The summed E-state index contributed by atoms with van der Waals surface area (Å²) in [4.78, 5) is 52.1. The van der Waals surface area contributed by atoms with Gasteiger partial charge in [-0.05, 0) is 25.5 Å². The minimum Gasteiger partial charge on any atom is -0.353 e. The van der Waals surface area contributed by atoms with E-state index in [1.54, 1.807) is 24.3 Å². The molecule has 32 heavy (non-hydrogen) atoms. The molecule has 1 saturated heterocycles. The molecule has 1 aromatic carbocycles. The number of carbonyl (C=O) groups is 3. The third-order valence-electron chi connectivity index (χ3n) is 5.98. The summed E-state index contributed by atoms with van der Waals surface area (Å²) in [6.07, 6.45) is 0.783. The fourth-order valence-corrected chi connectivity index (χ4v) is 4.17. The lowest BCUT2D eigenvalue weighted by Crippen LogP contribution is -2.49. The molecule has 8 nitrogen and oxygen atoms in total. The number of anilines is 1. The quantitative estimate of drug-likeness (QED) is 0.649. The van der Waals surface area contributed by atoms with Crippen LogP contribution < -0.4 is 4.90 Å². The number of imide groups is 1. The molecular weight excluding hydrogens is 406 g/mol. The molecule has 0 radical (unpaired) electrons. The van der Waals surface area contributed by atoms with Crippen LogP contribution in [0.2, 0.25) is 0 Å². The van der Waals surface area contributed by atoms with Gasteiger partial charge in [-0.1, -0.05) is 26.0 Å². The number of nitrogens with zero attached hydrogens (tertiary/aromatic N) is 5. The number of hydrogen-bond acceptors (Lipinski definition) is 6. The number of aryl methyl sites for hydroxylation is 1. The van der Waals surface area contributed by atoms with Gasteiger partial charge in [-0.25, -0.2) is 9.97 Å². The van der Waals surface area contributed by atoms with Gasteiger partial charge in [0.15, 0.2) is 0 Å². The van der Waals surface area contributed by atoms with Gasteiger partial charge in [0.1, 0.15) is 11.6 Å². The van der Waals surface area contributed by atoms with Crippen molar-refractivity contribution in [1.82, 2.24) is 19.8 Å². The van der Waals surface area contributed by atoms with Gasteiger partial charge in [0, 0.05) is 56.8 Å². The number of hydrogen-bond donors (Lipinski definition) is 0. The van der Waals surface area contributed by atoms with Crippen molar-refractivity contribution in [2.24, 2.45) is 0 Å². The van der Waals surface area contributed by atoms with E-state index in [1.165, 1.54) is 4.90 Å². The zero-order valence-corrected chi connectivity index (χ0v) is 18.9. The lowest BCUT2D eigenvalue weighted by molar-refractivity contribution is -0.131. The fourth-order valence-electron chi connectivity index (χ4n) is 4.17. The minimum atomic E-state index is -0.271. The highest BCUT2D eigenvalue weighted by Gasteiger charge is 2.34. The summed E-state index contributed by atoms with van der Waals surface area (Å²) in [5.74, 6) is 1.53. The smallest absolute Gasteiger partial charge is 0.261 e. The van der Waals surface area contributed by atoms with Crippen molar-refractivity contribution < 1.29 is 14.4 Å². The average Bonchev–Trinajstić information content (AvgIpc) is 3.03. The largest absolute Gasteiger partial charge is 0.353 e. The van der Waals surface area contributed by atoms with Gasteiger partial charge in [0.25, 0.3) is 11.8 Å². The van der Waals surface area contributed by atoms with Gasteiger partial charge >= 0.3 is 0 Å². The molecule has 0 spiro atoms. The highest BCUT2D eigenvalue weighted by Crippen LogP contribution is 2.23. The van der Waals surface area contributed by atoms with Crippen molar-refractivity contribution >= 4 is 23.5 Å². The third kappa shape index (κ3) is 4.35. The van der Waals surface area contributed by atoms with E-state index in [1.807, 2.05) is 17.9 Å². The maximum Gasteiger partial charge on any atom is 0.261 e. The molecule has 2 aliphatic rings. The topological polar surface area (TPSA) is 86.7 Å². The first kappa shape index (κ1) is 21.9. The number of piperazine rings is 1. The number of benzene rings is 1. The predicted molar refractivity (Wildman–Crippen MR) is 121 cm³/mol. The van der Waals surface area contributed by atoms with E-state index in [0.717, 1.165) is 30.4 Å². The lowest BCUT2D eigenvalue weighted by atomic mass is 10.1. The Morgan fingerprint density at radius 2 is 1.62 bits per heavy atom. The SMILES string of the molecule is Cc1cc(N2CCN(C(=O)CCCN3C(=O)c4ccccc4C3=O)CC2)nc(C(C)C)n1. The molecule has 3 heterocycles. The molecule has 1 fully saturated rings. The molecule has 2 aliphatic heterocycles. The van der Waals surface area contributed by atoms with Crippen molar-refractivity contribution in [3.8, 4) is 0 Å². The summed E-state index contributed by atoms with van der Waals surface area (Å²) in [5.41, 5.74) is 1.84. The first-order valence-corrected chi connectivity index (χ1v) is 11.2. The van der Waals surface area contributed by atoms with Crippen LogP contribution in [-0.2, 0) is 4.79 Å². The van der Waals surface area contributed by atoms with Gasteiger partial charge in [-0.2, -0.15) is 0 Å². The monoisotopic (exact) mass is 435 g/mol. The van der Waals surface area contributed by atoms with E-state index in [4.69, 9.17) is 4.98 Å². The first-order chi connectivity index (χ1) is 15.3. The Labute approximate surface area is 188 Å². The Kier molecular flexibility index (Phi) is 6.21. The molecule has 168 valence electrons. The maximum absolute atomic E-state index is 12.7. The molecule has 0 unspecified atom stereocenters. The number of aromatic nitrogens is 2. The summed E-state index contributed by atoms with van der Waals surface area (Å²) in [6.45, 7) is 9.10. The van der Waals surface area contributed by atoms with Gasteiger partial charge in [0.2, 0.25) is 5.91 Å². The van der Waals surface area contributed by atoms with E-state index < -0.39 is 0 Å². The first-order valence-electron chi connectivity index (χ1n) is 11.2. The minimum absolute atomic E-state index is 0.0583. The predicted octanol–water partition coefficient (Wildman–Crippen LogP) is 2.63. The summed E-state index contributed by atoms with van der Waals surface area (Å²) in [5, 5.41) is 0. The van der Waals surface area contributed by atoms with Gasteiger partial charge < -0.3 is 9.80 Å². The van der Waals surface area contributed by atoms with Gasteiger partial charge in [-0.15, -0.1) is 0 Å². The van der Waals surface area contributed by atoms with Crippen molar-refractivity contribution in [2.45, 2.75) is 39.5 Å². The van der Waals surface area contributed by atoms with E-state index in [2.05, 4.69) is 23.7 Å². The van der Waals surface area contributed by atoms with Crippen LogP contribution in [0.4, 0.5) is 5.82 Å². The fraction of sp³-hybridized carbons (Fsp3) is 0.458. The van der Waals surface area contributed by atoms with Crippen LogP contribution in [0.5, 0.6) is 0 Å². The van der Waals surface area contributed by atoms with Crippen molar-refractivity contribution in [3.63, 3.8) is 0 Å². The third-order valence-corrected chi connectivity index (χ3v) is 5.98. The average molecular weight is 436 g/mol. The van der Waals surface area contributed by atoms with E-state index in [0.29, 0.717) is 37.1 Å². The second-order valence-electron chi connectivity index (χ2n) is 8.66. The molecule has 0 bridgehead atoms. The van der Waals surface area contributed by atoms with Crippen LogP contribution in [0.1, 0.15) is 64.8 Å². The second-order valence-corrected chi connectivity index (χ2v) is 8.66. The van der Waals surface area contributed by atoms with Crippen LogP contribution >= 0.6 is 0 Å². The molecule has 0 atom stereocenters. The van der Waals surface area contributed by atoms with Crippen molar-refractivity contribution in [2.75, 3.05) is 37.6 Å². The molecule has 4 rings (SSSR count). The molecule has 8 heteroatoms. The molecule has 0 saturated carbocycles. The maximum atomic E-state index is 12.7. The normalized spacial score (nSPS) is 16.2. The molecule has 1 aromatic heterocycles. The summed E-state index contributed by atoms with van der Waals surface area (Å²) in [6, 6.07) is 8.84. The number of carbonyl (C=O) groups excluding carboxylic acids is 3. The highest BCUT2D eigenvalue weighted by molar-refractivity contribution is 6.21. The van der Waals surface area contributed by atoms with Gasteiger partial charge in [0.05, 0.1) is 11.1 Å². The van der Waals surface area contributed by atoms with Gasteiger partial charge in [-0.3, -0.25) is 19.3 Å². The van der Waals surface area contributed by atoms with Crippen molar-refractivity contribution in [1.29, 1.82) is 0 Å². The molecule has 2 aromatic rings. The van der Waals surface area contributed by atoms with E-state index in [-0.39, 0.29) is 30.2 Å². The Hall–Kier alpha value is -3.29. The summed E-state index contributed by atoms with van der Waals surface area (Å²) < 4.78 is 0. The molecular formula is C24H29N5O3. The van der Waals surface area contributed by atoms with Crippen LogP contribution in [0, 0.1) is 6.92 Å². The Morgan fingerprint density at radius 1 is 1.00 bits per heavy atom. The lowest BCUT2D eigenvalue weighted by Gasteiger charge is -2.35. The van der Waals surface area contributed by atoms with Crippen LogP contribution in [-0.4, -0.2) is 70.2 Å². The van der Waals surface area contributed by atoms with Crippen LogP contribution in [0.3, 0.4) is 0 Å². The Bertz CT molecular complexity index is 1010. The molecule has 0 aliphatic carbocycles. The zero-order valence-electron chi connectivity index (χ0n) is 18.9. The standard InChI is InChI=1S/C24H29N5O3/c1-16(2)22-25-17(3)15-20(26-22)27-11-13-28(14-12-27)21(30)9-6-10-29-23(31)18-7-4-5-8-19(18)24(29)32/h4-5,7-8,15-16H,6,9-14H2,1-3H3. The van der Waals surface area contributed by atoms with Crippen LogP contribution in [0.25, 0.3) is 0 Å². The molecule has 3 amide bonds. The highest BCUT2D eigenvalue weighted by atomic mass is 16.2. The summed E-state index contributed by atoms with van der Waals surface area (Å²) in [7, 11) is 0. The number of fused-ring (bicyclic) bond motifs is 1. The Morgan fingerprint density at radius 3 is 2.22 bits per heavy atom. The Balaban J connectivity index is 1.27.